The van der Waals surface area contributed by atoms with Gasteiger partial charge in [0.05, 0.1) is 0 Å². The molecule has 0 radical (unpaired) electrons. The van der Waals surface area contributed by atoms with Crippen LogP contribution in [0, 0.1) is 0 Å². The molecule has 1 aromatic carbocycles. The van der Waals surface area contributed by atoms with Crippen molar-refractivity contribution in [2.75, 3.05) is 7.05 Å². The average molecular weight is 301 g/mol. The molecule has 1 aliphatic rings. The second-order valence-corrected chi connectivity index (χ2v) is 4.68. The first-order chi connectivity index (χ1) is 10.4. The van der Waals surface area contributed by atoms with Gasteiger partial charge in [-0.1, -0.05) is 12.1 Å². The van der Waals surface area contributed by atoms with Crippen LogP contribution in [-0.4, -0.2) is 35.7 Å². The Morgan fingerprint density at radius 2 is 2.05 bits per heavy atom. The van der Waals surface area contributed by atoms with Gasteiger partial charge in [-0.25, -0.2) is 0 Å². The third-order valence-electron chi connectivity index (χ3n) is 2.82. The quantitative estimate of drug-likeness (QED) is 0.498. The Labute approximate surface area is 127 Å². The molecule has 0 aromatic heterocycles. The Hall–Kier alpha value is -2.96. The highest BCUT2D eigenvalue weighted by Crippen LogP contribution is 2.20. The van der Waals surface area contributed by atoms with Gasteiger partial charge < -0.3 is 9.64 Å². The summed E-state index contributed by atoms with van der Waals surface area (Å²) in [5.74, 6) is -0.617. The highest BCUT2D eigenvalue weighted by Gasteiger charge is 2.26. The summed E-state index contributed by atoms with van der Waals surface area (Å²) in [6, 6.07) is 6.74. The smallest absolute Gasteiger partial charge is 0.308 e. The molecule has 114 valence electrons. The number of aliphatic imine (C=N–C) groups is 1. The maximum absolute atomic E-state index is 11.9. The molecule has 1 aliphatic heterocycles. The fraction of sp³-hybridized carbons (Fsp3) is 0.200. The summed E-state index contributed by atoms with van der Waals surface area (Å²) in [5, 5.41) is 2.48. The van der Waals surface area contributed by atoms with Crippen LogP contribution in [0.25, 0.3) is 6.08 Å². The van der Waals surface area contributed by atoms with E-state index in [2.05, 4.69) is 10.3 Å². The van der Waals surface area contributed by atoms with Crippen molar-refractivity contribution >= 4 is 29.8 Å². The Morgan fingerprint density at radius 3 is 2.68 bits per heavy atom. The fourth-order valence-corrected chi connectivity index (χ4v) is 1.91. The maximum atomic E-state index is 11.9. The van der Waals surface area contributed by atoms with E-state index >= 15 is 0 Å². The summed E-state index contributed by atoms with van der Waals surface area (Å²) in [7, 11) is 1.63. The molecule has 1 aromatic rings. The maximum Gasteiger partial charge on any atom is 0.308 e. The molecule has 0 saturated heterocycles. The number of carbonyl (C=O) groups excluding carboxylic acids is 3. The highest BCUT2D eigenvalue weighted by molar-refractivity contribution is 6.15. The molecular weight excluding hydrogens is 286 g/mol. The van der Waals surface area contributed by atoms with Crippen molar-refractivity contribution in [3.8, 4) is 5.75 Å². The van der Waals surface area contributed by atoms with E-state index in [0.29, 0.717) is 17.0 Å². The molecule has 1 heterocycles. The summed E-state index contributed by atoms with van der Waals surface area (Å²) >= 11 is 0. The molecule has 7 heteroatoms. The summed E-state index contributed by atoms with van der Waals surface area (Å²) in [6.07, 6.45) is 1.60. The Balaban J connectivity index is 2.25. The van der Waals surface area contributed by atoms with Gasteiger partial charge >= 0.3 is 5.97 Å². The van der Waals surface area contributed by atoms with Crippen molar-refractivity contribution in [1.82, 2.24) is 10.2 Å². The number of nitrogens with one attached hydrogen (secondary N) is 1. The van der Waals surface area contributed by atoms with E-state index in [1.165, 1.54) is 18.7 Å². The minimum Gasteiger partial charge on any atom is -0.427 e. The fourth-order valence-electron chi connectivity index (χ4n) is 1.91. The van der Waals surface area contributed by atoms with E-state index in [9.17, 15) is 14.4 Å². The Kier molecular flexibility index (Phi) is 4.36. The SMILES string of the molecule is CC(=O)NC1=NC(=O)/C(=C\c2cccc(OC(C)=O)c2)N1C. The second kappa shape index (κ2) is 6.21. The zero-order chi connectivity index (χ0) is 16.3. The number of hydrogen-bond acceptors (Lipinski definition) is 5. The molecule has 0 unspecified atom stereocenters. The molecule has 0 fully saturated rings. The van der Waals surface area contributed by atoms with E-state index in [-0.39, 0.29) is 11.9 Å². The Bertz CT molecular complexity index is 706. The van der Waals surface area contributed by atoms with Crippen molar-refractivity contribution in [2.45, 2.75) is 13.8 Å². The molecule has 0 spiro atoms. The number of guanidine groups is 1. The average Bonchev–Trinajstić information content (AvgIpc) is 2.65. The molecule has 0 atom stereocenters. The van der Waals surface area contributed by atoms with Gasteiger partial charge in [-0.15, -0.1) is 0 Å². The first-order valence-corrected chi connectivity index (χ1v) is 6.51. The zero-order valence-corrected chi connectivity index (χ0v) is 12.4. The number of nitrogens with zero attached hydrogens (tertiary/aromatic N) is 2. The summed E-state index contributed by atoms with van der Waals surface area (Å²) in [6.45, 7) is 2.65. The lowest BCUT2D eigenvalue weighted by Crippen LogP contribution is -2.37. The normalized spacial score (nSPS) is 15.8. The zero-order valence-electron chi connectivity index (χ0n) is 12.4. The van der Waals surface area contributed by atoms with Crippen LogP contribution in [0.4, 0.5) is 0 Å². The largest absolute Gasteiger partial charge is 0.427 e. The Morgan fingerprint density at radius 1 is 1.32 bits per heavy atom. The van der Waals surface area contributed by atoms with Gasteiger partial charge in [-0.2, -0.15) is 4.99 Å². The third-order valence-corrected chi connectivity index (χ3v) is 2.82. The van der Waals surface area contributed by atoms with Crippen LogP contribution in [0.1, 0.15) is 19.4 Å². The summed E-state index contributed by atoms with van der Waals surface area (Å²) < 4.78 is 4.99. The van der Waals surface area contributed by atoms with E-state index in [4.69, 9.17) is 4.74 Å². The lowest BCUT2D eigenvalue weighted by atomic mass is 10.1. The third kappa shape index (κ3) is 3.57. The monoisotopic (exact) mass is 301 g/mol. The van der Waals surface area contributed by atoms with Crippen LogP contribution in [0.5, 0.6) is 5.75 Å². The molecule has 2 amide bonds. The predicted octanol–water partition coefficient (Wildman–Crippen LogP) is 0.917. The standard InChI is InChI=1S/C15H15N3O4/c1-9(19)16-15-17-14(21)13(18(15)3)8-11-5-4-6-12(7-11)22-10(2)20/h4-8H,1-3H3,(H,16,17,19,21)/b13-8+. The van der Waals surface area contributed by atoms with Crippen LogP contribution in [0.15, 0.2) is 35.0 Å². The van der Waals surface area contributed by atoms with Crippen LogP contribution < -0.4 is 10.1 Å². The first kappa shape index (κ1) is 15.4. The highest BCUT2D eigenvalue weighted by atomic mass is 16.5. The van der Waals surface area contributed by atoms with Crippen molar-refractivity contribution in [3.63, 3.8) is 0 Å². The van der Waals surface area contributed by atoms with Gasteiger partial charge in [0.1, 0.15) is 11.4 Å². The van der Waals surface area contributed by atoms with Gasteiger partial charge in [0.15, 0.2) is 0 Å². The van der Waals surface area contributed by atoms with Crippen LogP contribution in [0.3, 0.4) is 0 Å². The number of esters is 1. The molecule has 0 saturated carbocycles. The molecular formula is C15H15N3O4. The molecule has 7 nitrogen and oxygen atoms in total. The molecule has 0 aliphatic carbocycles. The van der Waals surface area contributed by atoms with Gasteiger partial charge in [-0.3, -0.25) is 19.7 Å². The predicted molar refractivity (Wildman–Crippen MR) is 79.7 cm³/mol. The van der Waals surface area contributed by atoms with Gasteiger partial charge in [0, 0.05) is 20.9 Å². The van der Waals surface area contributed by atoms with Crippen LogP contribution in [-0.2, 0) is 14.4 Å². The van der Waals surface area contributed by atoms with Crippen molar-refractivity contribution in [1.29, 1.82) is 0 Å². The number of rotatable bonds is 2. The number of hydrogen-bond donors (Lipinski definition) is 1. The van der Waals surface area contributed by atoms with E-state index < -0.39 is 11.9 Å². The van der Waals surface area contributed by atoms with Gasteiger partial charge in [-0.05, 0) is 23.8 Å². The summed E-state index contributed by atoms with van der Waals surface area (Å²) in [5.41, 5.74) is 0.983. The van der Waals surface area contributed by atoms with Crippen molar-refractivity contribution < 1.29 is 19.1 Å². The summed E-state index contributed by atoms with van der Waals surface area (Å²) in [4.78, 5) is 39.2. The molecule has 22 heavy (non-hydrogen) atoms. The molecule has 0 bridgehead atoms. The molecule has 1 N–H and O–H groups in total. The minimum absolute atomic E-state index is 0.180. The van der Waals surface area contributed by atoms with Crippen LogP contribution >= 0.6 is 0 Å². The number of ether oxygens (including phenoxy) is 1. The van der Waals surface area contributed by atoms with E-state index in [0.717, 1.165) is 0 Å². The topological polar surface area (TPSA) is 88.1 Å². The van der Waals surface area contributed by atoms with E-state index in [1.54, 1.807) is 37.4 Å². The van der Waals surface area contributed by atoms with Gasteiger partial charge in [0.25, 0.3) is 5.91 Å². The second-order valence-electron chi connectivity index (χ2n) is 4.68. The number of benzene rings is 1. The number of likely N-dealkylation sites (N-methyl/N-ethyl adjacent to an activating group) is 1. The minimum atomic E-state index is -0.455. The van der Waals surface area contributed by atoms with Gasteiger partial charge in [0.2, 0.25) is 11.9 Å². The number of amides is 2. The van der Waals surface area contributed by atoms with Crippen molar-refractivity contribution in [3.05, 3.63) is 35.5 Å². The lowest BCUT2D eigenvalue weighted by Gasteiger charge is -2.14. The van der Waals surface area contributed by atoms with E-state index in [1.807, 2.05) is 0 Å². The molecule has 2 rings (SSSR count). The van der Waals surface area contributed by atoms with Crippen molar-refractivity contribution in [2.24, 2.45) is 4.99 Å². The first-order valence-electron chi connectivity index (χ1n) is 6.51. The number of carbonyl (C=O) groups is 3. The lowest BCUT2D eigenvalue weighted by molar-refractivity contribution is -0.132. The van der Waals surface area contributed by atoms with Crippen LogP contribution in [0.2, 0.25) is 0 Å².